The number of benzene rings is 1. The molecule has 18 heavy (non-hydrogen) atoms. The van der Waals surface area contributed by atoms with Crippen LogP contribution in [-0.2, 0) is 0 Å². The van der Waals surface area contributed by atoms with E-state index in [9.17, 15) is 9.90 Å². The van der Waals surface area contributed by atoms with E-state index in [1.807, 2.05) is 0 Å². The van der Waals surface area contributed by atoms with Gasteiger partial charge < -0.3 is 19.0 Å². The van der Waals surface area contributed by atoms with Gasteiger partial charge in [0.05, 0.1) is 18.6 Å². The number of ether oxygens (including phenoxy) is 2. The van der Waals surface area contributed by atoms with E-state index in [4.69, 9.17) is 13.9 Å². The van der Waals surface area contributed by atoms with Gasteiger partial charge in [-0.15, -0.1) is 0 Å². The van der Waals surface area contributed by atoms with E-state index >= 15 is 0 Å². The molecule has 0 bridgehead atoms. The molecule has 0 aliphatic carbocycles. The number of rotatable bonds is 3. The van der Waals surface area contributed by atoms with Crippen LogP contribution in [-0.4, -0.2) is 18.3 Å². The highest BCUT2D eigenvalue weighted by molar-refractivity contribution is 5.86. The van der Waals surface area contributed by atoms with Crippen LogP contribution in [0, 0.1) is 0 Å². The lowest BCUT2D eigenvalue weighted by Crippen LogP contribution is -2.14. The first kappa shape index (κ1) is 12.3. The minimum atomic E-state index is -0.626. The molecule has 5 heteroatoms. The maximum atomic E-state index is 11.8. The van der Waals surface area contributed by atoms with Crippen LogP contribution in [0.1, 0.15) is 13.8 Å². The zero-order chi connectivity index (χ0) is 13.3. The van der Waals surface area contributed by atoms with Gasteiger partial charge in [0.25, 0.3) is 0 Å². The number of phenols is 1. The summed E-state index contributed by atoms with van der Waals surface area (Å²) < 4.78 is 15.7. The highest BCUT2D eigenvalue weighted by atomic mass is 16.5. The Balaban J connectivity index is 2.75. The van der Waals surface area contributed by atoms with Crippen molar-refractivity contribution in [2.45, 2.75) is 20.0 Å². The van der Waals surface area contributed by atoms with Crippen molar-refractivity contribution in [2.24, 2.45) is 0 Å². The fourth-order valence-corrected chi connectivity index (χ4v) is 1.68. The van der Waals surface area contributed by atoms with E-state index in [-0.39, 0.29) is 23.2 Å². The first-order valence-corrected chi connectivity index (χ1v) is 5.53. The van der Waals surface area contributed by atoms with Gasteiger partial charge in [0.1, 0.15) is 11.3 Å². The second-order valence-electron chi connectivity index (χ2n) is 4.10. The maximum Gasteiger partial charge on any atom is 0.383 e. The summed E-state index contributed by atoms with van der Waals surface area (Å²) in [6.07, 6.45) is -0.170. The number of aromatic hydroxyl groups is 1. The predicted molar refractivity (Wildman–Crippen MR) is 66.5 cm³/mol. The van der Waals surface area contributed by atoms with E-state index in [2.05, 4.69) is 0 Å². The van der Waals surface area contributed by atoms with Crippen LogP contribution in [0.3, 0.4) is 0 Å². The van der Waals surface area contributed by atoms with Gasteiger partial charge in [0, 0.05) is 6.07 Å². The summed E-state index contributed by atoms with van der Waals surface area (Å²) in [7, 11) is 1.45. The van der Waals surface area contributed by atoms with Gasteiger partial charge in [0.2, 0.25) is 5.75 Å². The quantitative estimate of drug-likeness (QED) is 0.846. The van der Waals surface area contributed by atoms with Crippen molar-refractivity contribution < 1.29 is 19.0 Å². The maximum absolute atomic E-state index is 11.8. The van der Waals surface area contributed by atoms with Crippen LogP contribution in [0.25, 0.3) is 11.0 Å². The number of phenolic OH excluding ortho intramolecular Hbond substituents is 1. The van der Waals surface area contributed by atoms with Crippen LogP contribution >= 0.6 is 0 Å². The van der Waals surface area contributed by atoms with Crippen LogP contribution in [0.5, 0.6) is 17.2 Å². The monoisotopic (exact) mass is 250 g/mol. The van der Waals surface area contributed by atoms with E-state index in [0.29, 0.717) is 11.1 Å². The number of methoxy groups -OCH3 is 1. The van der Waals surface area contributed by atoms with E-state index < -0.39 is 5.63 Å². The highest BCUT2D eigenvalue weighted by Gasteiger charge is 2.18. The van der Waals surface area contributed by atoms with E-state index in [1.54, 1.807) is 19.9 Å². The molecule has 1 aromatic heterocycles. The first-order chi connectivity index (χ1) is 8.52. The summed E-state index contributed by atoms with van der Waals surface area (Å²) in [5.74, 6) is 0.380. The molecule has 0 spiro atoms. The average molecular weight is 250 g/mol. The Hall–Kier alpha value is -2.17. The molecule has 2 rings (SSSR count). The van der Waals surface area contributed by atoms with Crippen LogP contribution < -0.4 is 15.1 Å². The van der Waals surface area contributed by atoms with Gasteiger partial charge in [-0.1, -0.05) is 0 Å². The zero-order valence-electron chi connectivity index (χ0n) is 10.4. The number of hydrogen-bond acceptors (Lipinski definition) is 5. The smallest absolute Gasteiger partial charge is 0.383 e. The fraction of sp³-hybridized carbons (Fsp3) is 0.308. The Morgan fingerprint density at radius 1 is 1.28 bits per heavy atom. The van der Waals surface area contributed by atoms with E-state index in [1.165, 1.54) is 19.2 Å². The van der Waals surface area contributed by atoms with Gasteiger partial charge in [0.15, 0.2) is 5.75 Å². The van der Waals surface area contributed by atoms with Crippen molar-refractivity contribution in [3.05, 3.63) is 28.6 Å². The molecule has 0 aliphatic rings. The molecule has 0 atom stereocenters. The molecule has 5 nitrogen and oxygen atoms in total. The molecule has 0 radical (unpaired) electrons. The van der Waals surface area contributed by atoms with E-state index in [0.717, 1.165) is 0 Å². The van der Waals surface area contributed by atoms with Crippen LogP contribution in [0.2, 0.25) is 0 Å². The van der Waals surface area contributed by atoms with Crippen LogP contribution in [0.15, 0.2) is 27.4 Å². The summed E-state index contributed by atoms with van der Waals surface area (Å²) in [5, 5.41) is 9.94. The van der Waals surface area contributed by atoms with Gasteiger partial charge in [-0.05, 0) is 26.0 Å². The average Bonchev–Trinajstić information content (AvgIpc) is 2.29. The molecule has 2 aromatic rings. The molecule has 1 N–H and O–H groups in total. The lowest BCUT2D eigenvalue weighted by Gasteiger charge is -2.13. The molecule has 0 saturated carbocycles. The Morgan fingerprint density at radius 2 is 2.00 bits per heavy atom. The number of fused-ring (bicyclic) bond motifs is 1. The molecule has 96 valence electrons. The van der Waals surface area contributed by atoms with Crippen molar-refractivity contribution in [2.75, 3.05) is 7.11 Å². The van der Waals surface area contributed by atoms with Gasteiger partial charge in [-0.25, -0.2) is 4.79 Å². The molecular weight excluding hydrogens is 236 g/mol. The lowest BCUT2D eigenvalue weighted by molar-refractivity contribution is 0.220. The Morgan fingerprint density at radius 3 is 2.61 bits per heavy atom. The van der Waals surface area contributed by atoms with Gasteiger partial charge >= 0.3 is 5.63 Å². The van der Waals surface area contributed by atoms with Crippen molar-refractivity contribution in [3.63, 3.8) is 0 Å². The fourth-order valence-electron chi connectivity index (χ4n) is 1.68. The largest absolute Gasteiger partial charge is 0.508 e. The SMILES string of the molecule is COc1c(OC(C)C)c(=O)oc2cc(O)ccc12. The Labute approximate surface area is 104 Å². The second kappa shape index (κ2) is 4.60. The summed E-state index contributed by atoms with van der Waals surface area (Å²) in [4.78, 5) is 11.8. The Bertz CT molecular complexity index is 627. The summed E-state index contributed by atoms with van der Waals surface area (Å²) >= 11 is 0. The number of hydrogen-bond donors (Lipinski definition) is 1. The molecule has 0 aliphatic heterocycles. The molecule has 0 amide bonds. The van der Waals surface area contributed by atoms with Crippen molar-refractivity contribution in [3.8, 4) is 17.2 Å². The predicted octanol–water partition coefficient (Wildman–Crippen LogP) is 2.29. The van der Waals surface area contributed by atoms with Crippen molar-refractivity contribution in [1.29, 1.82) is 0 Å². The van der Waals surface area contributed by atoms with Gasteiger partial charge in [-0.3, -0.25) is 0 Å². The Kier molecular flexibility index (Phi) is 3.14. The standard InChI is InChI=1S/C13H14O5/c1-7(2)17-12-11(16-3)9-5-4-8(14)6-10(9)18-13(12)15/h4-7,14H,1-3H3. The highest BCUT2D eigenvalue weighted by Crippen LogP contribution is 2.34. The van der Waals surface area contributed by atoms with Crippen molar-refractivity contribution >= 4 is 11.0 Å². The normalized spacial score (nSPS) is 10.9. The molecule has 0 saturated heterocycles. The third-order valence-corrected chi connectivity index (χ3v) is 2.36. The molecule has 1 heterocycles. The third-order valence-electron chi connectivity index (χ3n) is 2.36. The topological polar surface area (TPSA) is 68.9 Å². The zero-order valence-corrected chi connectivity index (χ0v) is 10.4. The lowest BCUT2D eigenvalue weighted by atomic mass is 10.2. The summed E-state index contributed by atoms with van der Waals surface area (Å²) in [6.45, 7) is 3.61. The molecule has 1 aromatic carbocycles. The first-order valence-electron chi connectivity index (χ1n) is 5.53. The minimum Gasteiger partial charge on any atom is -0.508 e. The van der Waals surface area contributed by atoms with Gasteiger partial charge in [-0.2, -0.15) is 0 Å². The van der Waals surface area contributed by atoms with Crippen LogP contribution in [0.4, 0.5) is 0 Å². The molecule has 0 fully saturated rings. The van der Waals surface area contributed by atoms with Crippen molar-refractivity contribution in [1.82, 2.24) is 0 Å². The summed E-state index contributed by atoms with van der Waals surface area (Å²) in [6, 6.07) is 4.46. The molecule has 0 unspecified atom stereocenters. The second-order valence-corrected chi connectivity index (χ2v) is 4.10. The minimum absolute atomic E-state index is 0.0187. The third kappa shape index (κ3) is 2.11. The summed E-state index contributed by atoms with van der Waals surface area (Å²) in [5.41, 5.74) is -0.369. The molecular formula is C13H14O5.